The lowest BCUT2D eigenvalue weighted by molar-refractivity contribution is -0.149. The SMILES string of the molecule is CC(C)(C(=O)O)C(=O)SCCOP(=O)(NCc1ccccc1)OC[C@@H]1O[C@H](n2cnc3c(=O)[nH]c(N)nc32)[C@@](C)(O)[C@H]1O. The molecule has 0 saturated carbocycles. The van der Waals surface area contributed by atoms with Gasteiger partial charge >= 0.3 is 13.7 Å². The molecule has 1 aromatic carbocycles. The summed E-state index contributed by atoms with van der Waals surface area (Å²) in [6.07, 6.45) is -2.85. The maximum absolute atomic E-state index is 13.7. The van der Waals surface area contributed by atoms with Gasteiger partial charge in [-0.05, 0) is 26.3 Å². The Kier molecular flexibility index (Phi) is 9.78. The summed E-state index contributed by atoms with van der Waals surface area (Å²) in [6.45, 7) is 3.20. The van der Waals surface area contributed by atoms with Gasteiger partial charge in [-0.2, -0.15) is 4.98 Å². The number of aliphatic hydroxyl groups is 2. The van der Waals surface area contributed by atoms with Crippen molar-refractivity contribution in [2.45, 2.75) is 51.4 Å². The van der Waals surface area contributed by atoms with Crippen molar-refractivity contribution in [2.24, 2.45) is 5.41 Å². The number of carbonyl (C=O) groups excluding carboxylic acids is 1. The zero-order valence-corrected chi connectivity index (χ0v) is 25.2. The van der Waals surface area contributed by atoms with Gasteiger partial charge in [0.1, 0.15) is 23.2 Å². The number of nitrogens with one attached hydrogen (secondary N) is 2. The standard InChI is InChI=1S/C25H33N6O10PS/c1-24(2,21(34)35)22(36)43-10-9-39-42(38,28-11-14-7-5-4-6-8-14)40-12-15-17(32)25(3,37)20(41-15)31-13-27-16-18(31)29-23(26)30-19(16)33/h4-8,13,15,17,20,32,37H,9-12H2,1-3H3,(H,28,38)(H,34,35)(H3,26,29,30,33)/t15-,17-,20-,25-,42?/m0/s1. The minimum Gasteiger partial charge on any atom is -0.480 e. The van der Waals surface area contributed by atoms with Gasteiger partial charge in [0.25, 0.3) is 5.56 Å². The molecule has 18 heteroatoms. The Bertz CT molecular complexity index is 1580. The van der Waals surface area contributed by atoms with Crippen molar-refractivity contribution in [3.05, 3.63) is 52.6 Å². The number of carbonyl (C=O) groups is 2. The number of thioether (sulfide) groups is 1. The minimum absolute atomic E-state index is 0.0111. The molecule has 0 bridgehead atoms. The number of aromatic nitrogens is 4. The second-order valence-electron chi connectivity index (χ2n) is 10.5. The normalized spacial score (nSPS) is 23.8. The third-order valence-corrected chi connectivity index (χ3v) is 9.51. The summed E-state index contributed by atoms with van der Waals surface area (Å²) < 4.78 is 32.0. The summed E-state index contributed by atoms with van der Waals surface area (Å²) in [7, 11) is -4.11. The number of benzene rings is 1. The molecule has 1 unspecified atom stereocenters. The van der Waals surface area contributed by atoms with E-state index < -0.39 is 60.4 Å². The zero-order chi connectivity index (χ0) is 31.6. The Labute approximate surface area is 249 Å². The van der Waals surface area contributed by atoms with E-state index in [4.69, 9.17) is 19.5 Å². The zero-order valence-electron chi connectivity index (χ0n) is 23.5. The fraction of sp³-hybridized carbons (Fsp3) is 0.480. The average Bonchev–Trinajstić information content (AvgIpc) is 3.47. The second kappa shape index (κ2) is 12.8. The maximum Gasteiger partial charge on any atom is 0.405 e. The first-order valence-corrected chi connectivity index (χ1v) is 15.6. The van der Waals surface area contributed by atoms with Gasteiger partial charge in [-0.25, -0.2) is 14.6 Å². The number of aliphatic hydroxyl groups excluding tert-OH is 1. The van der Waals surface area contributed by atoms with Crippen molar-refractivity contribution in [1.29, 1.82) is 0 Å². The summed E-state index contributed by atoms with van der Waals surface area (Å²) in [5.41, 5.74) is 2.22. The molecule has 1 fully saturated rings. The van der Waals surface area contributed by atoms with Crippen LogP contribution in [0, 0.1) is 5.41 Å². The number of anilines is 1. The maximum atomic E-state index is 13.7. The van der Waals surface area contributed by atoms with Gasteiger partial charge in [0.2, 0.25) is 11.1 Å². The first kappa shape index (κ1) is 32.8. The highest BCUT2D eigenvalue weighted by atomic mass is 32.2. The first-order valence-electron chi connectivity index (χ1n) is 13.0. The molecule has 1 aliphatic heterocycles. The van der Waals surface area contributed by atoms with Crippen LogP contribution in [-0.4, -0.2) is 82.7 Å². The highest BCUT2D eigenvalue weighted by molar-refractivity contribution is 8.13. The van der Waals surface area contributed by atoms with Gasteiger partial charge in [-0.15, -0.1) is 0 Å². The van der Waals surface area contributed by atoms with Gasteiger partial charge in [-0.3, -0.25) is 33.0 Å². The van der Waals surface area contributed by atoms with Gasteiger partial charge in [0, 0.05) is 12.3 Å². The number of carboxylic acids is 1. The number of nitrogen functional groups attached to an aromatic ring is 1. The van der Waals surface area contributed by atoms with Crippen LogP contribution in [-0.2, 0) is 34.5 Å². The average molecular weight is 641 g/mol. The van der Waals surface area contributed by atoms with Crippen LogP contribution in [0.5, 0.6) is 0 Å². The largest absolute Gasteiger partial charge is 0.480 e. The number of nitrogens with two attached hydrogens (primary N) is 1. The Morgan fingerprint density at radius 3 is 2.67 bits per heavy atom. The fourth-order valence-electron chi connectivity index (χ4n) is 4.14. The number of aliphatic carboxylic acids is 1. The summed E-state index contributed by atoms with van der Waals surface area (Å²) >= 11 is 0.717. The third kappa shape index (κ3) is 7.16. The Morgan fingerprint density at radius 2 is 2.00 bits per heavy atom. The second-order valence-corrected chi connectivity index (χ2v) is 13.4. The summed E-state index contributed by atoms with van der Waals surface area (Å²) in [6, 6.07) is 8.96. The molecule has 0 radical (unpaired) electrons. The first-order chi connectivity index (χ1) is 20.2. The summed E-state index contributed by atoms with van der Waals surface area (Å²) in [5, 5.41) is 33.5. The number of ether oxygens (including phenoxy) is 1. The number of rotatable bonds is 13. The molecule has 0 amide bonds. The summed E-state index contributed by atoms with van der Waals surface area (Å²) in [5.74, 6) is -1.48. The smallest absolute Gasteiger partial charge is 0.405 e. The Morgan fingerprint density at radius 1 is 1.30 bits per heavy atom. The number of hydrogen-bond acceptors (Lipinski definition) is 13. The predicted octanol–water partition coefficient (Wildman–Crippen LogP) is 1.01. The highest BCUT2D eigenvalue weighted by Gasteiger charge is 2.54. The number of aromatic amines is 1. The molecule has 0 spiro atoms. The predicted molar refractivity (Wildman–Crippen MR) is 155 cm³/mol. The molecule has 1 saturated heterocycles. The van der Waals surface area contributed by atoms with Gasteiger partial charge in [-0.1, -0.05) is 42.1 Å². The molecule has 3 aromatic rings. The van der Waals surface area contributed by atoms with Crippen LogP contribution in [0.3, 0.4) is 0 Å². The molecule has 234 valence electrons. The summed E-state index contributed by atoms with van der Waals surface area (Å²) in [4.78, 5) is 46.2. The van der Waals surface area contributed by atoms with Crippen molar-refractivity contribution in [2.75, 3.05) is 24.7 Å². The van der Waals surface area contributed by atoms with Gasteiger partial charge in [0.15, 0.2) is 17.4 Å². The van der Waals surface area contributed by atoms with Crippen LogP contribution in [0.25, 0.3) is 11.2 Å². The van der Waals surface area contributed by atoms with E-state index in [0.29, 0.717) is 0 Å². The van der Waals surface area contributed by atoms with E-state index in [1.54, 1.807) is 24.3 Å². The van der Waals surface area contributed by atoms with Crippen molar-refractivity contribution in [1.82, 2.24) is 24.6 Å². The number of carboxylic acid groups (broad SMARTS) is 1. The van der Waals surface area contributed by atoms with Crippen LogP contribution in [0.15, 0.2) is 41.5 Å². The molecule has 0 aliphatic carbocycles. The van der Waals surface area contributed by atoms with E-state index in [2.05, 4.69) is 20.0 Å². The fourth-order valence-corrected chi connectivity index (χ4v) is 6.37. The van der Waals surface area contributed by atoms with Gasteiger partial charge in [0.05, 0.1) is 19.5 Å². The molecule has 16 nitrogen and oxygen atoms in total. The van der Waals surface area contributed by atoms with Crippen LogP contribution >= 0.6 is 19.5 Å². The topological polar surface area (TPSA) is 241 Å². The van der Waals surface area contributed by atoms with Crippen LogP contribution in [0.1, 0.15) is 32.6 Å². The van der Waals surface area contributed by atoms with Crippen molar-refractivity contribution in [3.8, 4) is 0 Å². The number of fused-ring (bicyclic) bond motifs is 1. The van der Waals surface area contributed by atoms with E-state index in [9.17, 15) is 34.3 Å². The molecule has 43 heavy (non-hydrogen) atoms. The molecule has 2 aromatic heterocycles. The lowest BCUT2D eigenvalue weighted by atomic mass is 9.96. The van der Waals surface area contributed by atoms with E-state index in [1.165, 1.54) is 31.7 Å². The molecular weight excluding hydrogens is 607 g/mol. The highest BCUT2D eigenvalue weighted by Crippen LogP contribution is 2.47. The quantitative estimate of drug-likeness (QED) is 0.0868. The molecule has 5 atom stereocenters. The van der Waals surface area contributed by atoms with Crippen LogP contribution < -0.4 is 16.4 Å². The van der Waals surface area contributed by atoms with E-state index in [-0.39, 0.29) is 36.0 Å². The third-order valence-electron chi connectivity index (χ3n) is 6.81. The van der Waals surface area contributed by atoms with E-state index in [1.807, 2.05) is 6.07 Å². The number of H-pyrrole nitrogens is 1. The monoisotopic (exact) mass is 640 g/mol. The molecule has 4 rings (SSSR count). The molecule has 7 N–H and O–H groups in total. The molecule has 1 aliphatic rings. The number of hydrogen-bond donors (Lipinski definition) is 6. The number of imidazole rings is 1. The van der Waals surface area contributed by atoms with Crippen LogP contribution in [0.4, 0.5) is 5.95 Å². The lowest BCUT2D eigenvalue weighted by Crippen LogP contribution is -2.44. The number of nitrogens with zero attached hydrogens (tertiary/aromatic N) is 3. The van der Waals surface area contributed by atoms with E-state index >= 15 is 0 Å². The molecular formula is C25H33N6O10PS. The minimum atomic E-state index is -4.11. The van der Waals surface area contributed by atoms with Crippen molar-refractivity contribution < 1.29 is 43.3 Å². The van der Waals surface area contributed by atoms with Crippen molar-refractivity contribution in [3.63, 3.8) is 0 Å². The Hall–Kier alpha value is -3.15. The van der Waals surface area contributed by atoms with Crippen LogP contribution in [0.2, 0.25) is 0 Å². The Balaban J connectivity index is 1.46. The molecule has 3 heterocycles. The van der Waals surface area contributed by atoms with Crippen molar-refractivity contribution >= 4 is 47.7 Å². The van der Waals surface area contributed by atoms with Gasteiger partial charge < -0.3 is 25.8 Å². The lowest BCUT2D eigenvalue weighted by Gasteiger charge is -2.27. The van der Waals surface area contributed by atoms with E-state index in [0.717, 1.165) is 17.3 Å².